The van der Waals surface area contributed by atoms with Gasteiger partial charge in [-0.15, -0.1) is 16.8 Å². The molecule has 0 aliphatic heterocycles. The third-order valence-corrected chi connectivity index (χ3v) is 4.27. The van der Waals surface area contributed by atoms with Gasteiger partial charge in [0.2, 0.25) is 11.8 Å². The van der Waals surface area contributed by atoms with Crippen molar-refractivity contribution < 1.29 is 4.42 Å². The van der Waals surface area contributed by atoms with Crippen LogP contribution in [-0.2, 0) is 12.3 Å². The number of anilines is 1. The Labute approximate surface area is 142 Å². The first-order valence-electron chi connectivity index (χ1n) is 6.80. The Balaban J connectivity index is 1.71. The Morgan fingerprint density at radius 1 is 1.39 bits per heavy atom. The summed E-state index contributed by atoms with van der Waals surface area (Å²) in [5.74, 6) is 1.50. The lowest BCUT2D eigenvalue weighted by molar-refractivity contribution is 0.573. The van der Waals surface area contributed by atoms with E-state index in [0.717, 1.165) is 16.4 Å². The number of rotatable bonds is 6. The lowest BCUT2D eigenvalue weighted by Gasteiger charge is -2.03. The van der Waals surface area contributed by atoms with Crippen LogP contribution in [0, 0.1) is 0 Å². The van der Waals surface area contributed by atoms with Crippen LogP contribution in [0.2, 0.25) is 5.02 Å². The Morgan fingerprint density at radius 2 is 2.26 bits per heavy atom. The van der Waals surface area contributed by atoms with Gasteiger partial charge in [0.05, 0.1) is 5.69 Å². The average molecular weight is 348 g/mol. The fourth-order valence-corrected chi connectivity index (χ4v) is 3.00. The lowest BCUT2D eigenvalue weighted by Crippen LogP contribution is -2.03. The van der Waals surface area contributed by atoms with Gasteiger partial charge in [-0.3, -0.25) is 4.57 Å². The number of oxazole rings is 1. The van der Waals surface area contributed by atoms with Crippen molar-refractivity contribution in [1.82, 2.24) is 19.7 Å². The van der Waals surface area contributed by atoms with Crippen LogP contribution in [0.1, 0.15) is 5.69 Å². The summed E-state index contributed by atoms with van der Waals surface area (Å²) in [5, 5.41) is 9.29. The number of aromatic nitrogens is 4. The molecular weight excluding hydrogens is 334 g/mol. The largest absolute Gasteiger partial charge is 0.444 e. The van der Waals surface area contributed by atoms with Crippen LogP contribution in [0.5, 0.6) is 0 Å². The number of thioether (sulfide) groups is 1. The molecule has 1 aromatic carbocycles. The predicted molar refractivity (Wildman–Crippen MR) is 91.1 cm³/mol. The molecule has 6 nitrogen and oxygen atoms in total. The quantitative estimate of drug-likeness (QED) is 0.541. The topological polar surface area (TPSA) is 82.8 Å². The summed E-state index contributed by atoms with van der Waals surface area (Å²) < 4.78 is 7.30. The molecule has 0 aliphatic rings. The number of hydrogen-bond acceptors (Lipinski definition) is 6. The monoisotopic (exact) mass is 347 g/mol. The molecule has 8 heteroatoms. The fraction of sp³-hybridized carbons (Fsp3) is 0.133. The van der Waals surface area contributed by atoms with Crippen LogP contribution in [0.25, 0.3) is 11.5 Å². The highest BCUT2D eigenvalue weighted by Gasteiger charge is 2.12. The molecule has 0 saturated heterocycles. The molecule has 2 N–H and O–H groups in total. The van der Waals surface area contributed by atoms with E-state index in [1.54, 1.807) is 16.9 Å². The van der Waals surface area contributed by atoms with Crippen molar-refractivity contribution in [3.05, 3.63) is 53.9 Å². The van der Waals surface area contributed by atoms with Crippen LogP contribution in [0.3, 0.4) is 0 Å². The first kappa shape index (κ1) is 15.6. The summed E-state index contributed by atoms with van der Waals surface area (Å²) in [7, 11) is 0. The van der Waals surface area contributed by atoms with E-state index in [9.17, 15) is 0 Å². The van der Waals surface area contributed by atoms with E-state index in [-0.39, 0.29) is 0 Å². The van der Waals surface area contributed by atoms with Crippen molar-refractivity contribution in [2.75, 3.05) is 5.73 Å². The molecule has 0 radical (unpaired) electrons. The molecule has 0 fully saturated rings. The first-order chi connectivity index (χ1) is 11.2. The summed E-state index contributed by atoms with van der Waals surface area (Å²) in [6.07, 6.45) is 3.37. The van der Waals surface area contributed by atoms with Crippen LogP contribution in [0.4, 0.5) is 5.95 Å². The molecule has 2 aromatic heterocycles. The molecule has 0 unspecified atom stereocenters. The maximum atomic E-state index is 5.98. The molecule has 0 amide bonds. The standard InChI is InChI=1S/C15H14ClN5OS/c1-2-6-21-14(17)19-20-15(21)23-9-12-8-22-13(18-12)10-4-3-5-11(16)7-10/h2-5,7-8H,1,6,9H2,(H2,17,19). The van der Waals surface area contributed by atoms with Gasteiger partial charge >= 0.3 is 0 Å². The van der Waals surface area contributed by atoms with E-state index in [1.165, 1.54) is 11.8 Å². The van der Waals surface area contributed by atoms with Gasteiger partial charge in [-0.2, -0.15) is 0 Å². The fourth-order valence-electron chi connectivity index (χ4n) is 1.97. The number of hydrogen-bond donors (Lipinski definition) is 1. The van der Waals surface area contributed by atoms with Crippen molar-refractivity contribution in [3.63, 3.8) is 0 Å². The minimum atomic E-state index is 0.368. The van der Waals surface area contributed by atoms with Crippen LogP contribution in [0.15, 0.2) is 52.8 Å². The van der Waals surface area contributed by atoms with Gasteiger partial charge in [0.15, 0.2) is 5.16 Å². The Kier molecular flexibility index (Phi) is 4.68. The van der Waals surface area contributed by atoms with Gasteiger partial charge in [0, 0.05) is 22.9 Å². The molecule has 0 saturated carbocycles. The molecule has 118 valence electrons. The summed E-state index contributed by atoms with van der Waals surface area (Å²) in [5.41, 5.74) is 7.42. The Morgan fingerprint density at radius 3 is 3.04 bits per heavy atom. The van der Waals surface area contributed by atoms with E-state index in [2.05, 4.69) is 21.8 Å². The second kappa shape index (κ2) is 6.89. The highest BCUT2D eigenvalue weighted by atomic mass is 35.5. The van der Waals surface area contributed by atoms with E-state index in [1.807, 2.05) is 24.3 Å². The van der Waals surface area contributed by atoms with Gasteiger partial charge in [0.25, 0.3) is 0 Å². The second-order valence-corrected chi connectivity index (χ2v) is 6.06. The normalized spacial score (nSPS) is 10.8. The highest BCUT2D eigenvalue weighted by Crippen LogP contribution is 2.26. The third kappa shape index (κ3) is 3.57. The van der Waals surface area contributed by atoms with Crippen molar-refractivity contribution in [2.45, 2.75) is 17.5 Å². The number of nitrogens with zero attached hydrogens (tertiary/aromatic N) is 4. The van der Waals surface area contributed by atoms with Gasteiger partial charge in [-0.1, -0.05) is 35.5 Å². The molecule has 0 aliphatic carbocycles. The summed E-state index contributed by atoms with van der Waals surface area (Å²) >= 11 is 7.47. The van der Waals surface area contributed by atoms with Gasteiger partial charge in [-0.05, 0) is 18.2 Å². The van der Waals surface area contributed by atoms with E-state index >= 15 is 0 Å². The van der Waals surface area contributed by atoms with Crippen LogP contribution < -0.4 is 5.73 Å². The minimum Gasteiger partial charge on any atom is -0.444 e. The van der Waals surface area contributed by atoms with Crippen molar-refractivity contribution >= 4 is 29.3 Å². The van der Waals surface area contributed by atoms with Gasteiger partial charge in [0.1, 0.15) is 6.26 Å². The molecule has 23 heavy (non-hydrogen) atoms. The third-order valence-electron chi connectivity index (χ3n) is 3.03. The predicted octanol–water partition coefficient (Wildman–Crippen LogP) is 3.65. The maximum absolute atomic E-state index is 5.98. The smallest absolute Gasteiger partial charge is 0.226 e. The zero-order valence-corrected chi connectivity index (χ0v) is 13.7. The molecule has 2 heterocycles. The minimum absolute atomic E-state index is 0.368. The molecule has 0 spiro atoms. The van der Waals surface area contributed by atoms with Crippen molar-refractivity contribution in [1.29, 1.82) is 0 Å². The number of nitrogen functional groups attached to an aromatic ring is 1. The van der Waals surface area contributed by atoms with Crippen LogP contribution >= 0.6 is 23.4 Å². The average Bonchev–Trinajstić information content (AvgIpc) is 3.14. The SMILES string of the molecule is C=CCn1c(N)nnc1SCc1coc(-c2cccc(Cl)c2)n1. The molecule has 0 bridgehead atoms. The molecule has 3 aromatic rings. The van der Waals surface area contributed by atoms with Gasteiger partial charge < -0.3 is 10.2 Å². The summed E-state index contributed by atoms with van der Waals surface area (Å²) in [6.45, 7) is 4.26. The lowest BCUT2D eigenvalue weighted by atomic mass is 10.2. The highest BCUT2D eigenvalue weighted by molar-refractivity contribution is 7.98. The van der Waals surface area contributed by atoms with E-state index < -0.39 is 0 Å². The summed E-state index contributed by atoms with van der Waals surface area (Å²) in [6, 6.07) is 7.38. The van der Waals surface area contributed by atoms with E-state index in [4.69, 9.17) is 21.8 Å². The molecular formula is C15H14ClN5OS. The maximum Gasteiger partial charge on any atom is 0.226 e. The van der Waals surface area contributed by atoms with Crippen molar-refractivity contribution in [3.8, 4) is 11.5 Å². The van der Waals surface area contributed by atoms with Gasteiger partial charge in [-0.25, -0.2) is 4.98 Å². The zero-order chi connectivity index (χ0) is 16.2. The molecule has 3 rings (SSSR count). The second-order valence-electron chi connectivity index (χ2n) is 4.68. The van der Waals surface area contributed by atoms with E-state index in [0.29, 0.717) is 29.2 Å². The number of nitrogens with two attached hydrogens (primary N) is 1. The summed E-state index contributed by atoms with van der Waals surface area (Å²) in [4.78, 5) is 4.46. The number of allylic oxidation sites excluding steroid dienone is 1. The Hall–Kier alpha value is -2.25. The van der Waals surface area contributed by atoms with Crippen LogP contribution in [-0.4, -0.2) is 19.7 Å². The zero-order valence-electron chi connectivity index (χ0n) is 12.1. The number of benzene rings is 1. The Bertz CT molecular complexity index is 829. The van der Waals surface area contributed by atoms with Crippen molar-refractivity contribution in [2.24, 2.45) is 0 Å². The molecule has 0 atom stereocenters. The first-order valence-corrected chi connectivity index (χ1v) is 8.16. The number of halogens is 1.